The number of carboxylic acids is 1. The Morgan fingerprint density at radius 2 is 2.15 bits per heavy atom. The Labute approximate surface area is 117 Å². The van der Waals surface area contributed by atoms with Crippen molar-refractivity contribution in [3.63, 3.8) is 0 Å². The first kappa shape index (κ1) is 13.9. The van der Waals surface area contributed by atoms with Crippen LogP contribution in [0.1, 0.15) is 11.3 Å². The standard InChI is InChI=1S/C15H16N2O3/c1-12-13(7-8-15(18)19)11-17(16-12)9-10-20-14-5-3-2-4-6-14/h2-8,11H,9-10H2,1H3,(H,18,19). The number of hydrogen-bond donors (Lipinski definition) is 1. The molecule has 0 aliphatic carbocycles. The lowest BCUT2D eigenvalue weighted by Gasteiger charge is -2.05. The molecule has 2 aromatic rings. The minimum absolute atomic E-state index is 0.507. The Balaban J connectivity index is 1.90. The Bertz CT molecular complexity index is 603. The quantitative estimate of drug-likeness (QED) is 0.820. The molecule has 0 aliphatic heterocycles. The summed E-state index contributed by atoms with van der Waals surface area (Å²) < 4.78 is 7.33. The van der Waals surface area contributed by atoms with E-state index in [2.05, 4.69) is 5.10 Å². The van der Waals surface area contributed by atoms with Crippen LogP contribution in [0.4, 0.5) is 0 Å². The van der Waals surface area contributed by atoms with Gasteiger partial charge in [-0.1, -0.05) is 18.2 Å². The number of aromatic nitrogens is 2. The van der Waals surface area contributed by atoms with Crippen LogP contribution in [0.15, 0.2) is 42.6 Å². The fraction of sp³-hybridized carbons (Fsp3) is 0.200. The average Bonchev–Trinajstić information content (AvgIpc) is 2.78. The number of aryl methyl sites for hydroxylation is 1. The number of carbonyl (C=O) groups is 1. The van der Waals surface area contributed by atoms with Gasteiger partial charge in [0.1, 0.15) is 12.4 Å². The number of benzene rings is 1. The Morgan fingerprint density at radius 3 is 2.85 bits per heavy atom. The summed E-state index contributed by atoms with van der Waals surface area (Å²) in [6, 6.07) is 9.57. The van der Waals surface area contributed by atoms with E-state index in [9.17, 15) is 4.79 Å². The first-order valence-electron chi connectivity index (χ1n) is 6.28. The molecule has 2 rings (SSSR count). The number of para-hydroxylation sites is 1. The maximum absolute atomic E-state index is 10.5. The van der Waals surface area contributed by atoms with E-state index in [1.54, 1.807) is 10.8 Å². The molecule has 1 N–H and O–H groups in total. The van der Waals surface area contributed by atoms with E-state index in [1.165, 1.54) is 0 Å². The molecule has 5 heteroatoms. The highest BCUT2D eigenvalue weighted by molar-refractivity contribution is 5.85. The summed E-state index contributed by atoms with van der Waals surface area (Å²) in [5.74, 6) is -0.146. The predicted molar refractivity (Wildman–Crippen MR) is 75.6 cm³/mol. The van der Waals surface area contributed by atoms with Crippen molar-refractivity contribution in [3.8, 4) is 5.75 Å². The monoisotopic (exact) mass is 272 g/mol. The molecule has 0 amide bonds. The van der Waals surface area contributed by atoms with Gasteiger partial charge in [-0.15, -0.1) is 0 Å². The minimum Gasteiger partial charge on any atom is -0.492 e. The molecule has 0 saturated heterocycles. The van der Waals surface area contributed by atoms with Crippen LogP contribution in [0.2, 0.25) is 0 Å². The Kier molecular flexibility index (Phi) is 4.55. The van der Waals surface area contributed by atoms with Crippen molar-refractivity contribution in [2.75, 3.05) is 6.61 Å². The van der Waals surface area contributed by atoms with Gasteiger partial charge in [0.2, 0.25) is 0 Å². The summed E-state index contributed by atoms with van der Waals surface area (Å²) in [7, 11) is 0. The van der Waals surface area contributed by atoms with Gasteiger partial charge in [0, 0.05) is 17.8 Å². The first-order valence-corrected chi connectivity index (χ1v) is 6.28. The lowest BCUT2D eigenvalue weighted by molar-refractivity contribution is -0.131. The third-order valence-corrected chi connectivity index (χ3v) is 2.72. The van der Waals surface area contributed by atoms with E-state index in [1.807, 2.05) is 43.5 Å². The normalized spacial score (nSPS) is 10.8. The minimum atomic E-state index is -0.968. The number of nitrogens with zero attached hydrogens (tertiary/aromatic N) is 2. The third kappa shape index (κ3) is 3.98. The number of hydrogen-bond acceptors (Lipinski definition) is 3. The topological polar surface area (TPSA) is 64.4 Å². The van der Waals surface area contributed by atoms with Crippen LogP contribution in [0.5, 0.6) is 5.75 Å². The molecule has 1 aromatic carbocycles. The van der Waals surface area contributed by atoms with Crippen molar-refractivity contribution in [1.82, 2.24) is 9.78 Å². The summed E-state index contributed by atoms with van der Waals surface area (Å²) in [6.45, 7) is 2.96. The predicted octanol–water partition coefficient (Wildman–Crippen LogP) is 2.37. The van der Waals surface area contributed by atoms with Crippen LogP contribution < -0.4 is 4.74 Å². The summed E-state index contributed by atoms with van der Waals surface area (Å²) in [5.41, 5.74) is 1.59. The highest BCUT2D eigenvalue weighted by atomic mass is 16.5. The second-order valence-corrected chi connectivity index (χ2v) is 4.27. The van der Waals surface area contributed by atoms with E-state index >= 15 is 0 Å². The smallest absolute Gasteiger partial charge is 0.328 e. The zero-order chi connectivity index (χ0) is 14.4. The summed E-state index contributed by atoms with van der Waals surface area (Å²) in [4.78, 5) is 10.5. The van der Waals surface area contributed by atoms with Crippen LogP contribution in [0, 0.1) is 6.92 Å². The van der Waals surface area contributed by atoms with E-state index in [0.717, 1.165) is 23.1 Å². The van der Waals surface area contributed by atoms with Crippen molar-refractivity contribution < 1.29 is 14.6 Å². The van der Waals surface area contributed by atoms with Gasteiger partial charge in [0.05, 0.1) is 12.2 Å². The highest BCUT2D eigenvalue weighted by Crippen LogP contribution is 2.10. The summed E-state index contributed by atoms with van der Waals surface area (Å²) in [6.07, 6.45) is 4.46. The van der Waals surface area contributed by atoms with Crippen LogP contribution in [0.25, 0.3) is 6.08 Å². The van der Waals surface area contributed by atoms with Crippen LogP contribution >= 0.6 is 0 Å². The SMILES string of the molecule is Cc1nn(CCOc2ccccc2)cc1C=CC(=O)O. The summed E-state index contributed by atoms with van der Waals surface area (Å²) >= 11 is 0. The average molecular weight is 272 g/mol. The highest BCUT2D eigenvalue weighted by Gasteiger charge is 2.02. The molecule has 1 aromatic heterocycles. The van der Waals surface area contributed by atoms with Gasteiger partial charge in [0.15, 0.2) is 0 Å². The van der Waals surface area contributed by atoms with Crippen LogP contribution in [0.3, 0.4) is 0 Å². The van der Waals surface area contributed by atoms with Crippen molar-refractivity contribution in [3.05, 3.63) is 53.9 Å². The number of carboxylic acid groups (broad SMARTS) is 1. The first-order chi connectivity index (χ1) is 9.65. The van der Waals surface area contributed by atoms with E-state index in [0.29, 0.717) is 13.2 Å². The third-order valence-electron chi connectivity index (χ3n) is 2.72. The molecule has 0 aliphatic rings. The second-order valence-electron chi connectivity index (χ2n) is 4.27. The van der Waals surface area contributed by atoms with Crippen molar-refractivity contribution in [2.24, 2.45) is 0 Å². The van der Waals surface area contributed by atoms with Crippen molar-refractivity contribution >= 4 is 12.0 Å². The lowest BCUT2D eigenvalue weighted by Crippen LogP contribution is -2.08. The van der Waals surface area contributed by atoms with E-state index < -0.39 is 5.97 Å². The number of rotatable bonds is 6. The molecular formula is C15H16N2O3. The molecule has 0 radical (unpaired) electrons. The molecule has 0 saturated carbocycles. The van der Waals surface area contributed by atoms with Crippen molar-refractivity contribution in [1.29, 1.82) is 0 Å². The lowest BCUT2D eigenvalue weighted by atomic mass is 10.2. The fourth-order valence-corrected chi connectivity index (χ4v) is 1.75. The van der Waals surface area contributed by atoms with Crippen LogP contribution in [-0.2, 0) is 11.3 Å². The van der Waals surface area contributed by atoms with Gasteiger partial charge >= 0.3 is 5.97 Å². The fourth-order valence-electron chi connectivity index (χ4n) is 1.75. The number of aliphatic carboxylic acids is 1. The van der Waals surface area contributed by atoms with Gasteiger partial charge in [-0.05, 0) is 25.1 Å². The molecule has 0 unspecified atom stereocenters. The van der Waals surface area contributed by atoms with E-state index in [4.69, 9.17) is 9.84 Å². The maximum Gasteiger partial charge on any atom is 0.328 e. The van der Waals surface area contributed by atoms with Gasteiger partial charge in [-0.25, -0.2) is 4.79 Å². The van der Waals surface area contributed by atoms with Gasteiger partial charge < -0.3 is 9.84 Å². The van der Waals surface area contributed by atoms with Gasteiger partial charge in [-0.3, -0.25) is 4.68 Å². The molecule has 20 heavy (non-hydrogen) atoms. The Hall–Kier alpha value is -2.56. The van der Waals surface area contributed by atoms with Crippen LogP contribution in [-0.4, -0.2) is 27.5 Å². The zero-order valence-electron chi connectivity index (χ0n) is 11.2. The van der Waals surface area contributed by atoms with E-state index in [-0.39, 0.29) is 0 Å². The molecule has 104 valence electrons. The zero-order valence-corrected chi connectivity index (χ0v) is 11.2. The van der Waals surface area contributed by atoms with Gasteiger partial charge in [0.25, 0.3) is 0 Å². The Morgan fingerprint density at radius 1 is 1.40 bits per heavy atom. The van der Waals surface area contributed by atoms with Gasteiger partial charge in [-0.2, -0.15) is 5.10 Å². The molecule has 5 nitrogen and oxygen atoms in total. The second kappa shape index (κ2) is 6.56. The molecule has 1 heterocycles. The molecule has 0 bridgehead atoms. The number of ether oxygens (including phenoxy) is 1. The van der Waals surface area contributed by atoms with Crippen molar-refractivity contribution in [2.45, 2.75) is 13.5 Å². The maximum atomic E-state index is 10.5. The summed E-state index contributed by atoms with van der Waals surface area (Å²) in [5, 5.41) is 12.9. The largest absolute Gasteiger partial charge is 0.492 e. The molecular weight excluding hydrogens is 256 g/mol. The molecule has 0 spiro atoms. The molecule has 0 atom stereocenters. The molecule has 0 fully saturated rings.